The molecule has 2 aromatic rings. The fourth-order valence-corrected chi connectivity index (χ4v) is 3.08. The quantitative estimate of drug-likeness (QED) is 0.486. The Hall–Kier alpha value is -1.98. The van der Waals surface area contributed by atoms with Gasteiger partial charge in [0.1, 0.15) is 12.4 Å². The van der Waals surface area contributed by atoms with Crippen LogP contribution in [-0.4, -0.2) is 38.0 Å². The predicted octanol–water partition coefficient (Wildman–Crippen LogP) is 4.01. The minimum absolute atomic E-state index is 0.100. The second kappa shape index (κ2) is 11.6. The molecule has 5 heteroatoms. The summed E-state index contributed by atoms with van der Waals surface area (Å²) >= 11 is 1.80. The maximum absolute atomic E-state index is 12.4. The van der Waals surface area contributed by atoms with E-state index in [0.29, 0.717) is 37.7 Å². The van der Waals surface area contributed by atoms with Crippen LogP contribution in [0.1, 0.15) is 23.7 Å². The number of amides is 1. The monoisotopic (exact) mass is 359 g/mol. The molecule has 0 heterocycles. The number of carbonyl (C=O) groups excluding carboxylic acids is 1. The summed E-state index contributed by atoms with van der Waals surface area (Å²) in [6.45, 7) is 4.20. The molecule has 134 valence electrons. The SMILES string of the molecule is CCOCCOc1ccccc1C(=O)NCCCSc1ccccc1. The Morgan fingerprint density at radius 1 is 1.04 bits per heavy atom. The molecule has 0 aliphatic rings. The van der Waals surface area contributed by atoms with E-state index in [1.807, 2.05) is 43.3 Å². The maximum Gasteiger partial charge on any atom is 0.255 e. The van der Waals surface area contributed by atoms with Gasteiger partial charge in [0, 0.05) is 18.0 Å². The van der Waals surface area contributed by atoms with E-state index in [1.54, 1.807) is 17.8 Å². The van der Waals surface area contributed by atoms with E-state index in [0.717, 1.165) is 12.2 Å². The molecule has 2 aromatic carbocycles. The van der Waals surface area contributed by atoms with Crippen molar-refractivity contribution < 1.29 is 14.3 Å². The van der Waals surface area contributed by atoms with Gasteiger partial charge in [0.25, 0.3) is 5.91 Å². The fraction of sp³-hybridized carbons (Fsp3) is 0.350. The lowest BCUT2D eigenvalue weighted by Crippen LogP contribution is -2.25. The molecule has 1 N–H and O–H groups in total. The highest BCUT2D eigenvalue weighted by Crippen LogP contribution is 2.19. The molecule has 4 nitrogen and oxygen atoms in total. The Kier molecular flexibility index (Phi) is 8.94. The third-order valence-electron chi connectivity index (χ3n) is 3.44. The lowest BCUT2D eigenvalue weighted by atomic mass is 10.2. The van der Waals surface area contributed by atoms with Crippen molar-refractivity contribution in [3.05, 3.63) is 60.2 Å². The molecule has 2 rings (SSSR count). The first-order valence-corrected chi connectivity index (χ1v) is 9.55. The fourth-order valence-electron chi connectivity index (χ4n) is 2.21. The van der Waals surface area contributed by atoms with Crippen LogP contribution in [0, 0.1) is 0 Å². The summed E-state index contributed by atoms with van der Waals surface area (Å²) in [4.78, 5) is 13.6. The molecule has 0 bridgehead atoms. The van der Waals surface area contributed by atoms with Gasteiger partial charge in [-0.05, 0) is 43.4 Å². The first kappa shape index (κ1) is 19.3. The Bertz CT molecular complexity index is 634. The number of thioether (sulfide) groups is 1. The van der Waals surface area contributed by atoms with Crippen molar-refractivity contribution in [2.45, 2.75) is 18.2 Å². The average Bonchev–Trinajstić information content (AvgIpc) is 2.66. The number of ether oxygens (including phenoxy) is 2. The summed E-state index contributed by atoms with van der Waals surface area (Å²) in [7, 11) is 0. The van der Waals surface area contributed by atoms with Gasteiger partial charge in [-0.1, -0.05) is 30.3 Å². The van der Waals surface area contributed by atoms with Gasteiger partial charge in [0.15, 0.2) is 0 Å². The lowest BCUT2D eigenvalue weighted by Gasteiger charge is -2.11. The molecule has 25 heavy (non-hydrogen) atoms. The van der Waals surface area contributed by atoms with Gasteiger partial charge in [-0.25, -0.2) is 0 Å². The van der Waals surface area contributed by atoms with Crippen LogP contribution in [0.4, 0.5) is 0 Å². The van der Waals surface area contributed by atoms with Crippen molar-refractivity contribution in [3.8, 4) is 5.75 Å². The first-order valence-electron chi connectivity index (χ1n) is 8.57. The minimum atomic E-state index is -0.100. The van der Waals surface area contributed by atoms with Crippen molar-refractivity contribution in [3.63, 3.8) is 0 Å². The standard InChI is InChI=1S/C20H25NO3S/c1-2-23-14-15-24-19-12-7-6-11-18(19)20(22)21-13-8-16-25-17-9-4-3-5-10-17/h3-7,9-12H,2,8,13-16H2,1H3,(H,21,22). The Morgan fingerprint density at radius 2 is 1.80 bits per heavy atom. The van der Waals surface area contributed by atoms with Crippen molar-refractivity contribution in [2.24, 2.45) is 0 Å². The smallest absolute Gasteiger partial charge is 0.255 e. The zero-order valence-corrected chi connectivity index (χ0v) is 15.4. The molecule has 0 aromatic heterocycles. The van der Waals surface area contributed by atoms with Gasteiger partial charge in [0.05, 0.1) is 12.2 Å². The van der Waals surface area contributed by atoms with Gasteiger partial charge in [-0.2, -0.15) is 0 Å². The number of para-hydroxylation sites is 1. The van der Waals surface area contributed by atoms with Crippen LogP contribution in [0.2, 0.25) is 0 Å². The van der Waals surface area contributed by atoms with E-state index >= 15 is 0 Å². The first-order chi connectivity index (χ1) is 12.3. The van der Waals surface area contributed by atoms with Gasteiger partial charge in [-0.15, -0.1) is 11.8 Å². The predicted molar refractivity (Wildman–Crippen MR) is 103 cm³/mol. The highest BCUT2D eigenvalue weighted by molar-refractivity contribution is 7.99. The Morgan fingerprint density at radius 3 is 2.60 bits per heavy atom. The summed E-state index contributed by atoms with van der Waals surface area (Å²) in [6, 6.07) is 17.6. The number of nitrogens with one attached hydrogen (secondary N) is 1. The van der Waals surface area contributed by atoms with E-state index in [2.05, 4.69) is 17.4 Å². The van der Waals surface area contributed by atoms with Gasteiger partial charge in [-0.3, -0.25) is 4.79 Å². The highest BCUT2D eigenvalue weighted by Gasteiger charge is 2.11. The van der Waals surface area contributed by atoms with E-state index in [9.17, 15) is 4.79 Å². The normalized spacial score (nSPS) is 10.4. The molecule has 1 amide bonds. The molecule has 0 aliphatic carbocycles. The molecule has 0 spiro atoms. The second-order valence-electron chi connectivity index (χ2n) is 5.31. The highest BCUT2D eigenvalue weighted by atomic mass is 32.2. The number of rotatable bonds is 11. The molecule has 0 radical (unpaired) electrons. The zero-order valence-electron chi connectivity index (χ0n) is 14.6. The zero-order chi connectivity index (χ0) is 17.7. The molecule has 0 saturated carbocycles. The van der Waals surface area contributed by atoms with Crippen LogP contribution in [-0.2, 0) is 4.74 Å². The third-order valence-corrected chi connectivity index (χ3v) is 4.54. The summed E-state index contributed by atoms with van der Waals surface area (Å²) in [5.41, 5.74) is 0.565. The van der Waals surface area contributed by atoms with Crippen molar-refractivity contribution in [1.29, 1.82) is 0 Å². The second-order valence-corrected chi connectivity index (χ2v) is 6.48. The summed E-state index contributed by atoms with van der Waals surface area (Å²) < 4.78 is 10.9. The van der Waals surface area contributed by atoms with E-state index in [-0.39, 0.29) is 5.91 Å². The largest absolute Gasteiger partial charge is 0.490 e. The van der Waals surface area contributed by atoms with Crippen LogP contribution in [0.15, 0.2) is 59.5 Å². The maximum atomic E-state index is 12.4. The van der Waals surface area contributed by atoms with Crippen molar-refractivity contribution in [1.82, 2.24) is 5.32 Å². The summed E-state index contributed by atoms with van der Waals surface area (Å²) in [5.74, 6) is 1.46. The van der Waals surface area contributed by atoms with Crippen molar-refractivity contribution >= 4 is 17.7 Å². The molecule has 0 fully saturated rings. The van der Waals surface area contributed by atoms with Crippen LogP contribution >= 0.6 is 11.8 Å². The van der Waals surface area contributed by atoms with Crippen molar-refractivity contribution in [2.75, 3.05) is 32.1 Å². The van der Waals surface area contributed by atoms with E-state index < -0.39 is 0 Å². The van der Waals surface area contributed by atoms with Gasteiger partial charge < -0.3 is 14.8 Å². The number of hydrogen-bond acceptors (Lipinski definition) is 4. The average molecular weight is 359 g/mol. The Labute approximate surface area is 153 Å². The lowest BCUT2D eigenvalue weighted by molar-refractivity contribution is 0.0936. The topological polar surface area (TPSA) is 47.6 Å². The van der Waals surface area contributed by atoms with Gasteiger partial charge >= 0.3 is 0 Å². The molecule has 0 unspecified atom stereocenters. The molecular formula is C20H25NO3S. The van der Waals surface area contributed by atoms with E-state index in [4.69, 9.17) is 9.47 Å². The molecular weight excluding hydrogens is 334 g/mol. The van der Waals surface area contributed by atoms with Crippen LogP contribution in [0.5, 0.6) is 5.75 Å². The number of hydrogen-bond donors (Lipinski definition) is 1. The van der Waals surface area contributed by atoms with Crippen LogP contribution < -0.4 is 10.1 Å². The summed E-state index contributed by atoms with van der Waals surface area (Å²) in [6.07, 6.45) is 0.915. The molecule has 0 aliphatic heterocycles. The minimum Gasteiger partial charge on any atom is -0.490 e. The van der Waals surface area contributed by atoms with Crippen LogP contribution in [0.3, 0.4) is 0 Å². The van der Waals surface area contributed by atoms with Gasteiger partial charge in [0.2, 0.25) is 0 Å². The summed E-state index contributed by atoms with van der Waals surface area (Å²) in [5, 5.41) is 2.96. The van der Waals surface area contributed by atoms with Crippen LogP contribution in [0.25, 0.3) is 0 Å². The van der Waals surface area contributed by atoms with E-state index in [1.165, 1.54) is 4.90 Å². The third kappa shape index (κ3) is 7.20. The number of carbonyl (C=O) groups is 1. The Balaban J connectivity index is 1.72. The molecule has 0 saturated heterocycles. The molecule has 0 atom stereocenters. The number of benzene rings is 2.